The molecule has 3 rings (SSSR count). The molecule has 0 radical (unpaired) electrons. The highest BCUT2D eigenvalue weighted by Crippen LogP contribution is 2.21. The summed E-state index contributed by atoms with van der Waals surface area (Å²) in [5.41, 5.74) is 0.849. The number of nitrogens with zero attached hydrogens (tertiary/aromatic N) is 3. The third kappa shape index (κ3) is 1.66. The molecule has 0 bridgehead atoms. The van der Waals surface area contributed by atoms with Gasteiger partial charge in [0.2, 0.25) is 5.95 Å². The fourth-order valence-electron chi connectivity index (χ4n) is 1.98. The zero-order chi connectivity index (χ0) is 10.8. The predicted molar refractivity (Wildman–Crippen MR) is 61.2 cm³/mol. The summed E-state index contributed by atoms with van der Waals surface area (Å²) in [7, 11) is 0. The highest BCUT2D eigenvalue weighted by molar-refractivity contribution is 5.53. The second kappa shape index (κ2) is 3.96. The lowest BCUT2D eigenvalue weighted by molar-refractivity contribution is 0.579. The molecular weight excluding hydrogens is 202 g/mol. The van der Waals surface area contributed by atoms with Gasteiger partial charge in [0.15, 0.2) is 5.76 Å². The number of aromatic nitrogens is 2. The molecule has 1 saturated heterocycles. The summed E-state index contributed by atoms with van der Waals surface area (Å²) in [5, 5.41) is 0. The van der Waals surface area contributed by atoms with Crippen molar-refractivity contribution in [1.82, 2.24) is 9.97 Å². The quantitative estimate of drug-likeness (QED) is 0.771. The van der Waals surface area contributed by atoms with Crippen LogP contribution in [0.1, 0.15) is 12.8 Å². The topological polar surface area (TPSA) is 42.2 Å². The Bertz CT molecular complexity index is 461. The summed E-state index contributed by atoms with van der Waals surface area (Å²) >= 11 is 0. The van der Waals surface area contributed by atoms with Crippen molar-refractivity contribution >= 4 is 5.95 Å². The summed E-state index contributed by atoms with van der Waals surface area (Å²) in [6, 6.07) is 5.65. The zero-order valence-electron chi connectivity index (χ0n) is 8.97. The Balaban J connectivity index is 1.93. The van der Waals surface area contributed by atoms with E-state index in [1.807, 2.05) is 18.2 Å². The number of hydrogen-bond donors (Lipinski definition) is 0. The van der Waals surface area contributed by atoms with Crippen molar-refractivity contribution in [2.24, 2.45) is 0 Å². The van der Waals surface area contributed by atoms with Gasteiger partial charge in [0.05, 0.1) is 6.26 Å². The molecule has 16 heavy (non-hydrogen) atoms. The smallest absolute Gasteiger partial charge is 0.225 e. The largest absolute Gasteiger partial charge is 0.463 e. The van der Waals surface area contributed by atoms with E-state index in [-0.39, 0.29) is 0 Å². The van der Waals surface area contributed by atoms with Gasteiger partial charge in [-0.3, -0.25) is 0 Å². The van der Waals surface area contributed by atoms with Crippen LogP contribution < -0.4 is 4.90 Å². The first-order valence-electron chi connectivity index (χ1n) is 5.55. The van der Waals surface area contributed by atoms with E-state index in [2.05, 4.69) is 14.9 Å². The Morgan fingerprint density at radius 3 is 2.81 bits per heavy atom. The normalized spacial score (nSPS) is 15.6. The highest BCUT2D eigenvalue weighted by Gasteiger charge is 2.15. The van der Waals surface area contributed by atoms with Crippen molar-refractivity contribution in [1.29, 1.82) is 0 Å². The van der Waals surface area contributed by atoms with Crippen LogP contribution in [0.3, 0.4) is 0 Å². The molecule has 1 aliphatic rings. The van der Waals surface area contributed by atoms with E-state index in [0.29, 0.717) is 0 Å². The highest BCUT2D eigenvalue weighted by atomic mass is 16.3. The lowest BCUT2D eigenvalue weighted by atomic mass is 10.3. The zero-order valence-corrected chi connectivity index (χ0v) is 8.97. The molecule has 2 aromatic rings. The number of rotatable bonds is 2. The molecule has 0 spiro atoms. The number of furan rings is 1. The van der Waals surface area contributed by atoms with Gasteiger partial charge in [0, 0.05) is 19.3 Å². The van der Waals surface area contributed by atoms with Gasteiger partial charge < -0.3 is 9.32 Å². The molecule has 3 heterocycles. The average molecular weight is 215 g/mol. The number of anilines is 1. The minimum Gasteiger partial charge on any atom is -0.463 e. The molecule has 0 aromatic carbocycles. The second-order valence-electron chi connectivity index (χ2n) is 3.91. The van der Waals surface area contributed by atoms with Crippen LogP contribution in [0.25, 0.3) is 11.5 Å². The van der Waals surface area contributed by atoms with Crippen LogP contribution in [0.2, 0.25) is 0 Å². The monoisotopic (exact) mass is 215 g/mol. The van der Waals surface area contributed by atoms with Crippen molar-refractivity contribution in [2.75, 3.05) is 18.0 Å². The molecule has 82 valence electrons. The van der Waals surface area contributed by atoms with Gasteiger partial charge in [0.1, 0.15) is 5.69 Å². The summed E-state index contributed by atoms with van der Waals surface area (Å²) in [6.07, 6.45) is 5.91. The molecule has 4 nitrogen and oxygen atoms in total. The van der Waals surface area contributed by atoms with E-state index < -0.39 is 0 Å². The lowest BCUT2D eigenvalue weighted by Gasteiger charge is -2.14. The second-order valence-corrected chi connectivity index (χ2v) is 3.91. The van der Waals surface area contributed by atoms with Crippen LogP contribution in [0, 0.1) is 0 Å². The maximum atomic E-state index is 5.33. The van der Waals surface area contributed by atoms with Crippen LogP contribution in [0.4, 0.5) is 5.95 Å². The SMILES string of the molecule is c1coc(-c2ccnc(N3CCCC3)n2)c1. The molecular formula is C12H13N3O. The van der Waals surface area contributed by atoms with Gasteiger partial charge in [-0.05, 0) is 31.0 Å². The van der Waals surface area contributed by atoms with Gasteiger partial charge in [-0.25, -0.2) is 9.97 Å². The van der Waals surface area contributed by atoms with Gasteiger partial charge in [-0.2, -0.15) is 0 Å². The third-order valence-corrected chi connectivity index (χ3v) is 2.81. The van der Waals surface area contributed by atoms with E-state index in [0.717, 1.165) is 30.5 Å². The van der Waals surface area contributed by atoms with Crippen LogP contribution >= 0.6 is 0 Å². The minimum atomic E-state index is 0.794. The Kier molecular flexibility index (Phi) is 2.33. The average Bonchev–Trinajstić information content (AvgIpc) is 3.03. The van der Waals surface area contributed by atoms with Crippen LogP contribution in [-0.4, -0.2) is 23.1 Å². The van der Waals surface area contributed by atoms with Gasteiger partial charge in [0.25, 0.3) is 0 Å². The van der Waals surface area contributed by atoms with Crippen molar-refractivity contribution in [3.05, 3.63) is 30.7 Å². The molecule has 0 atom stereocenters. The standard InChI is InChI=1S/C12H13N3O/c1-2-8-15(7-1)12-13-6-5-10(14-12)11-4-3-9-16-11/h3-6,9H,1-2,7-8H2. The summed E-state index contributed by atoms with van der Waals surface area (Å²) in [5.74, 6) is 1.61. The fourth-order valence-corrected chi connectivity index (χ4v) is 1.98. The predicted octanol–water partition coefficient (Wildman–Crippen LogP) is 2.34. The molecule has 0 unspecified atom stereocenters. The molecule has 0 saturated carbocycles. The Hall–Kier alpha value is -1.84. The summed E-state index contributed by atoms with van der Waals surface area (Å²) in [6.45, 7) is 2.11. The maximum Gasteiger partial charge on any atom is 0.225 e. The Labute approximate surface area is 93.9 Å². The van der Waals surface area contributed by atoms with Crippen LogP contribution in [0.15, 0.2) is 35.1 Å². The first-order valence-corrected chi connectivity index (χ1v) is 5.55. The van der Waals surface area contributed by atoms with E-state index in [1.54, 1.807) is 12.5 Å². The minimum absolute atomic E-state index is 0.794. The molecule has 0 N–H and O–H groups in total. The lowest BCUT2D eigenvalue weighted by Crippen LogP contribution is -2.20. The van der Waals surface area contributed by atoms with Gasteiger partial charge in [-0.15, -0.1) is 0 Å². The Morgan fingerprint density at radius 1 is 1.19 bits per heavy atom. The van der Waals surface area contributed by atoms with Crippen molar-refractivity contribution in [3.8, 4) is 11.5 Å². The maximum absolute atomic E-state index is 5.33. The fraction of sp³-hybridized carbons (Fsp3) is 0.333. The van der Waals surface area contributed by atoms with Crippen LogP contribution in [-0.2, 0) is 0 Å². The van der Waals surface area contributed by atoms with Crippen LogP contribution in [0.5, 0.6) is 0 Å². The van der Waals surface area contributed by atoms with E-state index in [9.17, 15) is 0 Å². The van der Waals surface area contributed by atoms with E-state index in [1.165, 1.54) is 12.8 Å². The first kappa shape index (κ1) is 9.39. The van der Waals surface area contributed by atoms with E-state index in [4.69, 9.17) is 4.42 Å². The molecule has 0 amide bonds. The molecule has 1 fully saturated rings. The molecule has 1 aliphatic heterocycles. The molecule has 0 aliphatic carbocycles. The van der Waals surface area contributed by atoms with Gasteiger partial charge in [-0.1, -0.05) is 0 Å². The first-order chi connectivity index (χ1) is 7.93. The van der Waals surface area contributed by atoms with Crippen molar-refractivity contribution in [2.45, 2.75) is 12.8 Å². The van der Waals surface area contributed by atoms with Crippen molar-refractivity contribution < 1.29 is 4.42 Å². The number of hydrogen-bond acceptors (Lipinski definition) is 4. The van der Waals surface area contributed by atoms with Crippen molar-refractivity contribution in [3.63, 3.8) is 0 Å². The van der Waals surface area contributed by atoms with Gasteiger partial charge >= 0.3 is 0 Å². The summed E-state index contributed by atoms with van der Waals surface area (Å²) < 4.78 is 5.33. The molecule has 2 aromatic heterocycles. The molecule has 4 heteroatoms. The van der Waals surface area contributed by atoms with E-state index >= 15 is 0 Å². The summed E-state index contributed by atoms with van der Waals surface area (Å²) in [4.78, 5) is 11.0. The Morgan fingerprint density at radius 2 is 2.06 bits per heavy atom. The third-order valence-electron chi connectivity index (χ3n) is 2.81.